The summed E-state index contributed by atoms with van der Waals surface area (Å²) in [5, 5.41) is 0. The van der Waals surface area contributed by atoms with E-state index in [1.165, 1.54) is 83.1 Å². The summed E-state index contributed by atoms with van der Waals surface area (Å²) in [7, 11) is 0. The van der Waals surface area contributed by atoms with Gasteiger partial charge in [-0.3, -0.25) is 9.59 Å². The average molecular weight is 404 g/mol. The van der Waals surface area contributed by atoms with Crippen molar-refractivity contribution in [3.8, 4) is 5.75 Å². The van der Waals surface area contributed by atoms with Crippen LogP contribution in [0.5, 0.6) is 5.75 Å². The molecule has 0 N–H and O–H groups in total. The normalized spacial score (nSPS) is 10.8. The van der Waals surface area contributed by atoms with Crippen molar-refractivity contribution in [2.75, 3.05) is 6.61 Å². The lowest BCUT2D eigenvalue weighted by Crippen LogP contribution is -2.17. The number of ether oxygens (including phenoxy) is 1. The molecule has 0 spiro atoms. The van der Waals surface area contributed by atoms with Gasteiger partial charge < -0.3 is 9.30 Å². The van der Waals surface area contributed by atoms with Gasteiger partial charge in [0.2, 0.25) is 5.43 Å². The Balaban J connectivity index is 2.12. The Morgan fingerprint density at radius 1 is 0.897 bits per heavy atom. The third-order valence-electron chi connectivity index (χ3n) is 5.38. The van der Waals surface area contributed by atoms with Crippen molar-refractivity contribution in [2.45, 2.75) is 103 Å². The number of aryl methyl sites for hydroxylation is 1. The second-order valence-electron chi connectivity index (χ2n) is 7.90. The maximum Gasteiger partial charge on any atom is 0.224 e. The molecule has 1 heterocycles. The van der Waals surface area contributed by atoms with Crippen LogP contribution in [0.4, 0.5) is 0 Å². The molecule has 0 amide bonds. The summed E-state index contributed by atoms with van der Waals surface area (Å²) in [6.45, 7) is 6.80. The lowest BCUT2D eigenvalue weighted by molar-refractivity contribution is 0.111. The third kappa shape index (κ3) is 11.1. The summed E-state index contributed by atoms with van der Waals surface area (Å²) in [5.74, 6) is 0.132. The summed E-state index contributed by atoms with van der Waals surface area (Å²) >= 11 is 0. The van der Waals surface area contributed by atoms with Crippen LogP contribution in [0.2, 0.25) is 0 Å². The van der Waals surface area contributed by atoms with Gasteiger partial charge in [0, 0.05) is 18.8 Å². The molecule has 0 atom stereocenters. The molecule has 1 aromatic rings. The van der Waals surface area contributed by atoms with Gasteiger partial charge in [0.25, 0.3) is 0 Å². The largest absolute Gasteiger partial charge is 0.483 e. The van der Waals surface area contributed by atoms with Crippen LogP contribution in [0.3, 0.4) is 0 Å². The molecule has 1 aromatic heterocycles. The molecule has 1 rings (SSSR count). The Hall–Kier alpha value is -1.84. The fourth-order valence-corrected chi connectivity index (χ4v) is 3.65. The molecule has 0 aliphatic heterocycles. The summed E-state index contributed by atoms with van der Waals surface area (Å²) < 4.78 is 7.22. The van der Waals surface area contributed by atoms with Crippen molar-refractivity contribution in [3.05, 3.63) is 40.8 Å². The van der Waals surface area contributed by atoms with E-state index in [2.05, 4.69) is 13.5 Å². The number of aromatic nitrogens is 1. The first kappa shape index (κ1) is 25.2. The van der Waals surface area contributed by atoms with Crippen LogP contribution in [0, 0.1) is 0 Å². The lowest BCUT2D eigenvalue weighted by Gasteiger charge is -2.13. The molecule has 0 aliphatic rings. The second kappa shape index (κ2) is 17.1. The molecule has 0 saturated carbocycles. The van der Waals surface area contributed by atoms with Gasteiger partial charge in [-0.2, -0.15) is 0 Å². The molecule has 0 unspecified atom stereocenters. The predicted molar refractivity (Wildman–Crippen MR) is 122 cm³/mol. The summed E-state index contributed by atoms with van der Waals surface area (Å²) in [5.41, 5.74) is 0.0696. The number of hydrogen-bond acceptors (Lipinski definition) is 3. The van der Waals surface area contributed by atoms with Gasteiger partial charge in [-0.15, -0.1) is 0 Å². The standard InChI is InChI=1S/C25H41NO3/c1-3-5-6-7-8-9-10-11-12-13-14-15-16-17-19-26-20-18-24(28)25(23(26)22-27)29-21-4-2/h4,18,20,22H,2-3,5-17,19,21H2,1H3. The van der Waals surface area contributed by atoms with Crippen molar-refractivity contribution < 1.29 is 9.53 Å². The zero-order valence-corrected chi connectivity index (χ0v) is 18.5. The number of hydrogen-bond donors (Lipinski definition) is 0. The van der Waals surface area contributed by atoms with Crippen molar-refractivity contribution in [1.82, 2.24) is 4.57 Å². The van der Waals surface area contributed by atoms with E-state index in [0.29, 0.717) is 12.0 Å². The zero-order valence-electron chi connectivity index (χ0n) is 18.5. The maximum atomic E-state index is 11.9. The number of carbonyl (C=O) groups is 1. The molecule has 29 heavy (non-hydrogen) atoms. The van der Waals surface area contributed by atoms with E-state index in [9.17, 15) is 9.59 Å². The molecule has 0 saturated heterocycles. The van der Waals surface area contributed by atoms with Crippen molar-refractivity contribution >= 4 is 6.29 Å². The molecule has 0 fully saturated rings. The highest BCUT2D eigenvalue weighted by Gasteiger charge is 2.11. The predicted octanol–water partition coefficient (Wildman–Crippen LogP) is 6.71. The van der Waals surface area contributed by atoms with E-state index in [4.69, 9.17) is 4.74 Å². The van der Waals surface area contributed by atoms with Crippen molar-refractivity contribution in [2.24, 2.45) is 0 Å². The zero-order chi connectivity index (χ0) is 21.2. The Labute approximate surface area is 177 Å². The van der Waals surface area contributed by atoms with Gasteiger partial charge in [0.1, 0.15) is 12.3 Å². The van der Waals surface area contributed by atoms with Crippen molar-refractivity contribution in [1.29, 1.82) is 0 Å². The molecule has 0 aromatic carbocycles. The average Bonchev–Trinajstić information content (AvgIpc) is 2.73. The first-order chi connectivity index (χ1) is 14.2. The van der Waals surface area contributed by atoms with Crippen LogP contribution in [0.25, 0.3) is 0 Å². The third-order valence-corrected chi connectivity index (χ3v) is 5.38. The van der Waals surface area contributed by atoms with Crippen LogP contribution in [-0.2, 0) is 6.54 Å². The van der Waals surface area contributed by atoms with Gasteiger partial charge in [-0.1, -0.05) is 103 Å². The van der Waals surface area contributed by atoms with E-state index in [1.54, 1.807) is 12.3 Å². The summed E-state index contributed by atoms with van der Waals surface area (Å²) in [4.78, 5) is 23.4. The quantitative estimate of drug-likeness (QED) is 0.147. The summed E-state index contributed by atoms with van der Waals surface area (Å²) in [6.07, 6.45) is 22.4. The van der Waals surface area contributed by atoms with Gasteiger partial charge in [-0.25, -0.2) is 0 Å². The van der Waals surface area contributed by atoms with E-state index in [-0.39, 0.29) is 17.8 Å². The Morgan fingerprint density at radius 3 is 1.90 bits per heavy atom. The van der Waals surface area contributed by atoms with Crippen LogP contribution in [0.15, 0.2) is 29.7 Å². The molecular formula is C25H41NO3. The molecule has 0 radical (unpaired) electrons. The molecular weight excluding hydrogens is 362 g/mol. The van der Waals surface area contributed by atoms with Gasteiger partial charge in [0.15, 0.2) is 12.0 Å². The minimum Gasteiger partial charge on any atom is -0.483 e. The number of pyridine rings is 1. The SMILES string of the molecule is C=CCOc1c(C=O)n(CCCCCCCCCCCCCCCC)ccc1=O. The highest BCUT2D eigenvalue weighted by atomic mass is 16.5. The van der Waals surface area contributed by atoms with Crippen molar-refractivity contribution in [3.63, 3.8) is 0 Å². The Morgan fingerprint density at radius 2 is 1.41 bits per heavy atom. The number of rotatable bonds is 19. The first-order valence-electron chi connectivity index (χ1n) is 11.7. The van der Waals surface area contributed by atoms with Gasteiger partial charge in [0.05, 0.1) is 0 Å². The summed E-state index contributed by atoms with van der Waals surface area (Å²) in [6, 6.07) is 1.47. The van der Waals surface area contributed by atoms with E-state index in [0.717, 1.165) is 19.4 Å². The number of unbranched alkanes of at least 4 members (excludes halogenated alkanes) is 13. The van der Waals surface area contributed by atoms with E-state index < -0.39 is 0 Å². The van der Waals surface area contributed by atoms with Crippen LogP contribution >= 0.6 is 0 Å². The fourth-order valence-electron chi connectivity index (χ4n) is 3.65. The molecule has 0 bridgehead atoms. The number of nitrogens with zero attached hydrogens (tertiary/aromatic N) is 1. The maximum absolute atomic E-state index is 11.9. The van der Waals surface area contributed by atoms with Crippen LogP contribution in [-0.4, -0.2) is 17.5 Å². The molecule has 4 nitrogen and oxygen atoms in total. The lowest BCUT2D eigenvalue weighted by atomic mass is 10.0. The Bertz CT molecular complexity index is 621. The fraction of sp³-hybridized carbons (Fsp3) is 0.680. The van der Waals surface area contributed by atoms with Gasteiger partial charge in [-0.05, 0) is 6.42 Å². The highest BCUT2D eigenvalue weighted by molar-refractivity contribution is 5.76. The minimum absolute atomic E-state index is 0.132. The smallest absolute Gasteiger partial charge is 0.224 e. The van der Waals surface area contributed by atoms with E-state index in [1.807, 2.05) is 4.57 Å². The monoisotopic (exact) mass is 403 g/mol. The molecule has 0 aliphatic carbocycles. The topological polar surface area (TPSA) is 48.3 Å². The minimum atomic E-state index is -0.258. The second-order valence-corrected chi connectivity index (χ2v) is 7.90. The first-order valence-corrected chi connectivity index (χ1v) is 11.7. The van der Waals surface area contributed by atoms with Crippen LogP contribution in [0.1, 0.15) is 107 Å². The number of carbonyl (C=O) groups excluding carboxylic acids is 1. The van der Waals surface area contributed by atoms with Crippen LogP contribution < -0.4 is 10.2 Å². The van der Waals surface area contributed by atoms with Gasteiger partial charge >= 0.3 is 0 Å². The Kier molecular flexibility index (Phi) is 14.8. The van der Waals surface area contributed by atoms with E-state index >= 15 is 0 Å². The number of aldehydes is 1. The molecule has 164 valence electrons. The molecule has 4 heteroatoms. The highest BCUT2D eigenvalue weighted by Crippen LogP contribution is 2.15.